The molecule has 1 unspecified atom stereocenters. The van der Waals surface area contributed by atoms with Crippen LogP contribution in [-0.2, 0) is 11.2 Å². The number of ether oxygens (including phenoxy) is 2. The zero-order chi connectivity index (χ0) is 18.9. The molecule has 26 heavy (non-hydrogen) atoms. The lowest BCUT2D eigenvalue weighted by atomic mass is 10.1. The Kier molecular flexibility index (Phi) is 7.48. The standard InChI is InChI=1S/C21H28N2O3/c1-16(23(2)14-8-11-17-9-6-5-7-10-17)21(24)22-19-15-18(25-3)12-13-20(19)26-4/h5-7,9-10,12-13,15-16H,8,11,14H2,1-4H3,(H,22,24). The molecule has 140 valence electrons. The van der Waals surface area contributed by atoms with Crippen molar-refractivity contribution in [3.8, 4) is 11.5 Å². The number of hydrogen-bond donors (Lipinski definition) is 1. The highest BCUT2D eigenvalue weighted by atomic mass is 16.5. The fourth-order valence-electron chi connectivity index (χ4n) is 2.72. The van der Waals surface area contributed by atoms with Crippen molar-refractivity contribution >= 4 is 11.6 Å². The Bertz CT molecular complexity index is 704. The minimum absolute atomic E-state index is 0.0706. The molecular weight excluding hydrogens is 328 g/mol. The number of aryl methyl sites for hydroxylation is 1. The lowest BCUT2D eigenvalue weighted by molar-refractivity contribution is -0.120. The summed E-state index contributed by atoms with van der Waals surface area (Å²) in [5.74, 6) is 1.21. The van der Waals surface area contributed by atoms with Crippen LogP contribution < -0.4 is 14.8 Å². The van der Waals surface area contributed by atoms with Crippen LogP contribution in [0.3, 0.4) is 0 Å². The Labute approximate surface area is 155 Å². The van der Waals surface area contributed by atoms with Gasteiger partial charge in [0.1, 0.15) is 11.5 Å². The second-order valence-corrected chi connectivity index (χ2v) is 6.30. The van der Waals surface area contributed by atoms with E-state index in [1.54, 1.807) is 32.4 Å². The van der Waals surface area contributed by atoms with Gasteiger partial charge in [-0.25, -0.2) is 0 Å². The van der Waals surface area contributed by atoms with Crippen molar-refractivity contribution in [1.82, 2.24) is 4.90 Å². The molecule has 0 aliphatic heterocycles. The van der Waals surface area contributed by atoms with Gasteiger partial charge in [0.2, 0.25) is 5.91 Å². The van der Waals surface area contributed by atoms with Crippen molar-refractivity contribution in [1.29, 1.82) is 0 Å². The molecule has 0 saturated carbocycles. The van der Waals surface area contributed by atoms with E-state index < -0.39 is 0 Å². The number of rotatable bonds is 9. The number of likely N-dealkylation sites (N-methyl/N-ethyl adjacent to an activating group) is 1. The van der Waals surface area contributed by atoms with E-state index in [4.69, 9.17) is 9.47 Å². The van der Waals surface area contributed by atoms with Crippen LogP contribution in [-0.4, -0.2) is 44.7 Å². The van der Waals surface area contributed by atoms with Gasteiger partial charge in [-0.1, -0.05) is 30.3 Å². The van der Waals surface area contributed by atoms with Gasteiger partial charge < -0.3 is 14.8 Å². The Balaban J connectivity index is 1.90. The van der Waals surface area contributed by atoms with Crippen molar-refractivity contribution < 1.29 is 14.3 Å². The largest absolute Gasteiger partial charge is 0.497 e. The zero-order valence-electron chi connectivity index (χ0n) is 16.0. The first-order chi connectivity index (χ1) is 12.5. The average molecular weight is 356 g/mol. The minimum Gasteiger partial charge on any atom is -0.497 e. The Morgan fingerprint density at radius 1 is 1.12 bits per heavy atom. The lowest BCUT2D eigenvalue weighted by Gasteiger charge is -2.24. The summed E-state index contributed by atoms with van der Waals surface area (Å²) in [5, 5.41) is 2.94. The van der Waals surface area contributed by atoms with Gasteiger partial charge in [0, 0.05) is 6.07 Å². The number of anilines is 1. The molecule has 1 N–H and O–H groups in total. The Hall–Kier alpha value is -2.53. The molecule has 5 heteroatoms. The topological polar surface area (TPSA) is 50.8 Å². The first kappa shape index (κ1) is 19.8. The Morgan fingerprint density at radius 2 is 1.85 bits per heavy atom. The summed E-state index contributed by atoms with van der Waals surface area (Å²) < 4.78 is 10.5. The summed E-state index contributed by atoms with van der Waals surface area (Å²) in [7, 11) is 5.14. The van der Waals surface area contributed by atoms with E-state index in [0.717, 1.165) is 19.4 Å². The normalized spacial score (nSPS) is 11.9. The van der Waals surface area contributed by atoms with Crippen molar-refractivity contribution in [3.05, 3.63) is 54.1 Å². The molecule has 0 saturated heterocycles. The molecule has 0 heterocycles. The molecule has 1 atom stereocenters. The van der Waals surface area contributed by atoms with Gasteiger partial charge in [-0.15, -0.1) is 0 Å². The number of carbonyl (C=O) groups is 1. The summed E-state index contributed by atoms with van der Waals surface area (Å²) in [6, 6.07) is 15.5. The molecule has 0 aromatic heterocycles. The van der Waals surface area contributed by atoms with Crippen LogP contribution in [0.2, 0.25) is 0 Å². The van der Waals surface area contributed by atoms with Crippen LogP contribution in [0.25, 0.3) is 0 Å². The van der Waals surface area contributed by atoms with Crippen molar-refractivity contribution in [2.75, 3.05) is 33.1 Å². The number of nitrogens with one attached hydrogen (secondary N) is 1. The van der Waals surface area contributed by atoms with Gasteiger partial charge in [-0.3, -0.25) is 9.69 Å². The lowest BCUT2D eigenvalue weighted by Crippen LogP contribution is -2.40. The van der Waals surface area contributed by atoms with Gasteiger partial charge in [-0.2, -0.15) is 0 Å². The van der Waals surface area contributed by atoms with Crippen LogP contribution in [0.5, 0.6) is 11.5 Å². The zero-order valence-corrected chi connectivity index (χ0v) is 16.0. The van der Waals surface area contributed by atoms with Gasteiger partial charge >= 0.3 is 0 Å². The van der Waals surface area contributed by atoms with Crippen LogP contribution in [0.15, 0.2) is 48.5 Å². The fraction of sp³-hybridized carbons (Fsp3) is 0.381. The fourth-order valence-corrected chi connectivity index (χ4v) is 2.72. The maximum absolute atomic E-state index is 12.6. The van der Waals surface area contributed by atoms with Gasteiger partial charge in [-0.05, 0) is 51.1 Å². The molecule has 5 nitrogen and oxygen atoms in total. The monoisotopic (exact) mass is 356 g/mol. The minimum atomic E-state index is -0.248. The molecule has 0 aliphatic rings. The number of carbonyl (C=O) groups excluding carboxylic acids is 1. The van der Waals surface area contributed by atoms with E-state index >= 15 is 0 Å². The molecule has 2 rings (SSSR count). The summed E-state index contributed by atoms with van der Waals surface area (Å²) in [6.07, 6.45) is 2.00. The maximum atomic E-state index is 12.6. The Morgan fingerprint density at radius 3 is 2.50 bits per heavy atom. The van der Waals surface area contributed by atoms with Crippen LogP contribution in [0.1, 0.15) is 18.9 Å². The van der Waals surface area contributed by atoms with E-state index in [1.165, 1.54) is 5.56 Å². The third kappa shape index (κ3) is 5.49. The highest BCUT2D eigenvalue weighted by Crippen LogP contribution is 2.29. The van der Waals surface area contributed by atoms with E-state index in [9.17, 15) is 4.79 Å². The quantitative estimate of drug-likeness (QED) is 0.746. The molecule has 2 aromatic carbocycles. The highest BCUT2D eigenvalue weighted by molar-refractivity contribution is 5.96. The smallest absolute Gasteiger partial charge is 0.241 e. The number of amides is 1. The number of nitrogens with zero attached hydrogens (tertiary/aromatic N) is 1. The number of benzene rings is 2. The van der Waals surface area contributed by atoms with Crippen LogP contribution >= 0.6 is 0 Å². The van der Waals surface area contributed by atoms with E-state index in [-0.39, 0.29) is 11.9 Å². The number of hydrogen-bond acceptors (Lipinski definition) is 4. The predicted molar refractivity (Wildman–Crippen MR) is 105 cm³/mol. The molecule has 0 fully saturated rings. The highest BCUT2D eigenvalue weighted by Gasteiger charge is 2.19. The van der Waals surface area contributed by atoms with Gasteiger partial charge in [0.05, 0.1) is 25.9 Å². The summed E-state index contributed by atoms with van der Waals surface area (Å²) in [6.45, 7) is 2.75. The third-order valence-corrected chi connectivity index (χ3v) is 4.52. The number of methoxy groups -OCH3 is 2. The van der Waals surface area contributed by atoms with E-state index in [2.05, 4.69) is 34.5 Å². The molecule has 0 aliphatic carbocycles. The molecular formula is C21H28N2O3. The first-order valence-electron chi connectivity index (χ1n) is 8.82. The van der Waals surface area contributed by atoms with Crippen molar-refractivity contribution in [2.24, 2.45) is 0 Å². The van der Waals surface area contributed by atoms with Gasteiger partial charge in [0.15, 0.2) is 0 Å². The summed E-state index contributed by atoms with van der Waals surface area (Å²) >= 11 is 0. The summed E-state index contributed by atoms with van der Waals surface area (Å²) in [4.78, 5) is 14.7. The average Bonchev–Trinajstić information content (AvgIpc) is 2.67. The SMILES string of the molecule is COc1ccc(OC)c(NC(=O)C(C)N(C)CCCc2ccccc2)c1. The molecule has 0 spiro atoms. The molecule has 1 amide bonds. The molecule has 2 aromatic rings. The van der Waals surface area contributed by atoms with Crippen molar-refractivity contribution in [3.63, 3.8) is 0 Å². The second-order valence-electron chi connectivity index (χ2n) is 6.30. The maximum Gasteiger partial charge on any atom is 0.241 e. The summed E-state index contributed by atoms with van der Waals surface area (Å²) in [5.41, 5.74) is 1.93. The predicted octanol–water partition coefficient (Wildman–Crippen LogP) is 3.60. The van der Waals surface area contributed by atoms with Gasteiger partial charge in [0.25, 0.3) is 0 Å². The van der Waals surface area contributed by atoms with E-state index in [0.29, 0.717) is 17.2 Å². The van der Waals surface area contributed by atoms with Crippen LogP contribution in [0.4, 0.5) is 5.69 Å². The second kappa shape index (κ2) is 9.82. The van der Waals surface area contributed by atoms with Crippen LogP contribution in [0, 0.1) is 0 Å². The molecule has 0 radical (unpaired) electrons. The third-order valence-electron chi connectivity index (χ3n) is 4.52. The van der Waals surface area contributed by atoms with Crippen molar-refractivity contribution in [2.45, 2.75) is 25.8 Å². The molecule has 0 bridgehead atoms. The first-order valence-corrected chi connectivity index (χ1v) is 8.82. The van der Waals surface area contributed by atoms with E-state index in [1.807, 2.05) is 20.0 Å².